The van der Waals surface area contributed by atoms with E-state index in [1.54, 1.807) is 6.92 Å². The van der Waals surface area contributed by atoms with Gasteiger partial charge in [-0.2, -0.15) is 0 Å². The predicted molar refractivity (Wildman–Crippen MR) is 56.4 cm³/mol. The average molecular weight is 218 g/mol. The summed E-state index contributed by atoms with van der Waals surface area (Å²) >= 11 is 0. The van der Waals surface area contributed by atoms with Crippen molar-refractivity contribution in [2.75, 3.05) is 0 Å². The van der Waals surface area contributed by atoms with Crippen molar-refractivity contribution >= 4 is 0 Å². The minimum Gasteiger partial charge on any atom is -0.390 e. The molecule has 0 spiro atoms. The van der Waals surface area contributed by atoms with Crippen LogP contribution in [0, 0.1) is 5.92 Å². The molecule has 5 atom stereocenters. The Morgan fingerprint density at radius 3 is 2.33 bits per heavy atom. The first-order chi connectivity index (χ1) is 6.91. The van der Waals surface area contributed by atoms with Gasteiger partial charge >= 0.3 is 0 Å². The number of aliphatic hydroxyl groups excluding tert-OH is 2. The molecule has 0 amide bonds. The highest BCUT2D eigenvalue weighted by Crippen LogP contribution is 2.23. The topological polar surface area (TPSA) is 58.9 Å². The number of rotatable bonds is 3. The van der Waals surface area contributed by atoms with Crippen LogP contribution in [0.2, 0.25) is 0 Å². The molecule has 1 aliphatic rings. The van der Waals surface area contributed by atoms with Crippen molar-refractivity contribution in [3.8, 4) is 0 Å². The molecule has 15 heavy (non-hydrogen) atoms. The summed E-state index contributed by atoms with van der Waals surface area (Å²) in [6.45, 7) is 7.85. The van der Waals surface area contributed by atoms with Crippen LogP contribution < -0.4 is 0 Å². The number of ether oxygens (including phenoxy) is 2. The Labute approximate surface area is 91.2 Å². The molecule has 1 rings (SSSR count). The molecule has 1 heterocycles. The maximum absolute atomic E-state index is 9.68. The molecule has 0 radical (unpaired) electrons. The van der Waals surface area contributed by atoms with Crippen LogP contribution in [0.1, 0.15) is 34.1 Å². The molecule has 1 aliphatic heterocycles. The Hall–Kier alpha value is -0.160. The fraction of sp³-hybridized carbons (Fsp3) is 1.00. The van der Waals surface area contributed by atoms with Crippen molar-refractivity contribution in [2.24, 2.45) is 5.92 Å². The van der Waals surface area contributed by atoms with E-state index in [4.69, 9.17) is 9.47 Å². The van der Waals surface area contributed by atoms with Crippen LogP contribution in [0.4, 0.5) is 0 Å². The summed E-state index contributed by atoms with van der Waals surface area (Å²) in [7, 11) is 0. The monoisotopic (exact) mass is 218 g/mol. The molecular formula is C11H22O4. The SMILES string of the molecule is CC1OC(O[C@H](C)C(C)C)[C@@H](O)C[C@H]1O. The van der Waals surface area contributed by atoms with Crippen LogP contribution in [0.3, 0.4) is 0 Å². The Morgan fingerprint density at radius 1 is 1.20 bits per heavy atom. The van der Waals surface area contributed by atoms with E-state index in [0.717, 1.165) is 0 Å². The molecule has 0 bridgehead atoms. The maximum Gasteiger partial charge on any atom is 0.184 e. The van der Waals surface area contributed by atoms with Crippen molar-refractivity contribution in [3.63, 3.8) is 0 Å². The summed E-state index contributed by atoms with van der Waals surface area (Å²) in [5.74, 6) is 0.378. The highest BCUT2D eigenvalue weighted by atomic mass is 16.7. The van der Waals surface area contributed by atoms with E-state index in [1.165, 1.54) is 0 Å². The molecular weight excluding hydrogens is 196 g/mol. The molecule has 4 heteroatoms. The van der Waals surface area contributed by atoms with Gasteiger partial charge in [0.05, 0.1) is 18.3 Å². The fourth-order valence-corrected chi connectivity index (χ4v) is 1.43. The first-order valence-corrected chi connectivity index (χ1v) is 5.59. The quantitative estimate of drug-likeness (QED) is 0.739. The molecule has 2 unspecified atom stereocenters. The van der Waals surface area contributed by atoms with Gasteiger partial charge < -0.3 is 19.7 Å². The third-order valence-electron chi connectivity index (χ3n) is 2.98. The van der Waals surface area contributed by atoms with Gasteiger partial charge in [0.2, 0.25) is 0 Å². The molecule has 90 valence electrons. The lowest BCUT2D eigenvalue weighted by atomic mass is 10.0. The first kappa shape index (κ1) is 12.9. The van der Waals surface area contributed by atoms with Gasteiger partial charge in [-0.15, -0.1) is 0 Å². The smallest absolute Gasteiger partial charge is 0.184 e. The standard InChI is InChI=1S/C11H22O4/c1-6(2)7(3)14-11-10(13)5-9(12)8(4)15-11/h6-13H,5H2,1-4H3/t7-,8?,9-,10+,11?/m1/s1. The summed E-state index contributed by atoms with van der Waals surface area (Å²) in [5.41, 5.74) is 0. The normalized spacial score (nSPS) is 39.4. The van der Waals surface area contributed by atoms with E-state index >= 15 is 0 Å². The van der Waals surface area contributed by atoms with Crippen LogP contribution in [-0.2, 0) is 9.47 Å². The second-order valence-corrected chi connectivity index (χ2v) is 4.67. The third-order valence-corrected chi connectivity index (χ3v) is 2.98. The largest absolute Gasteiger partial charge is 0.390 e. The summed E-state index contributed by atoms with van der Waals surface area (Å²) in [5, 5.41) is 19.1. The molecule has 0 aromatic carbocycles. The van der Waals surface area contributed by atoms with E-state index < -0.39 is 18.5 Å². The van der Waals surface area contributed by atoms with Crippen molar-refractivity contribution in [2.45, 2.75) is 64.8 Å². The van der Waals surface area contributed by atoms with Gasteiger partial charge in [0.25, 0.3) is 0 Å². The van der Waals surface area contributed by atoms with E-state index in [2.05, 4.69) is 13.8 Å². The molecule has 0 aliphatic carbocycles. The summed E-state index contributed by atoms with van der Waals surface area (Å²) < 4.78 is 11.0. The highest BCUT2D eigenvalue weighted by molar-refractivity contribution is 4.79. The van der Waals surface area contributed by atoms with Crippen LogP contribution in [-0.4, -0.2) is 40.9 Å². The van der Waals surface area contributed by atoms with E-state index in [0.29, 0.717) is 12.3 Å². The highest BCUT2D eigenvalue weighted by Gasteiger charge is 2.35. The molecule has 1 fully saturated rings. The second kappa shape index (κ2) is 5.25. The molecule has 0 aromatic heterocycles. The Morgan fingerprint density at radius 2 is 1.80 bits per heavy atom. The number of hydrogen-bond donors (Lipinski definition) is 2. The number of aliphatic hydroxyl groups is 2. The molecule has 1 saturated heterocycles. The summed E-state index contributed by atoms with van der Waals surface area (Å²) in [4.78, 5) is 0. The van der Waals surface area contributed by atoms with Crippen LogP contribution in [0.15, 0.2) is 0 Å². The lowest BCUT2D eigenvalue weighted by Gasteiger charge is -2.37. The molecule has 2 N–H and O–H groups in total. The zero-order valence-electron chi connectivity index (χ0n) is 9.88. The van der Waals surface area contributed by atoms with E-state index in [9.17, 15) is 10.2 Å². The lowest BCUT2D eigenvalue weighted by Crippen LogP contribution is -2.48. The minimum absolute atomic E-state index is 0.0343. The lowest BCUT2D eigenvalue weighted by molar-refractivity contribution is -0.276. The van der Waals surface area contributed by atoms with Crippen LogP contribution in [0.25, 0.3) is 0 Å². The zero-order valence-corrected chi connectivity index (χ0v) is 9.88. The van der Waals surface area contributed by atoms with Gasteiger partial charge in [0.1, 0.15) is 6.10 Å². The Balaban J connectivity index is 2.47. The Bertz CT molecular complexity index is 195. The predicted octanol–water partition coefficient (Wildman–Crippen LogP) is 0.904. The van der Waals surface area contributed by atoms with Crippen molar-refractivity contribution in [1.29, 1.82) is 0 Å². The summed E-state index contributed by atoms with van der Waals surface area (Å²) in [6, 6.07) is 0. The van der Waals surface area contributed by atoms with Gasteiger partial charge in [0, 0.05) is 6.42 Å². The number of hydrogen-bond acceptors (Lipinski definition) is 4. The van der Waals surface area contributed by atoms with Gasteiger partial charge in [-0.05, 0) is 19.8 Å². The van der Waals surface area contributed by atoms with E-state index in [1.807, 2.05) is 6.92 Å². The van der Waals surface area contributed by atoms with Gasteiger partial charge in [-0.3, -0.25) is 0 Å². The average Bonchev–Trinajstić information content (AvgIpc) is 2.13. The zero-order chi connectivity index (χ0) is 11.6. The Kier molecular flexibility index (Phi) is 4.52. The summed E-state index contributed by atoms with van der Waals surface area (Å²) in [6.07, 6.45) is -1.88. The first-order valence-electron chi connectivity index (χ1n) is 5.59. The van der Waals surface area contributed by atoms with Gasteiger partial charge in [-0.1, -0.05) is 13.8 Å². The van der Waals surface area contributed by atoms with Gasteiger partial charge in [0.15, 0.2) is 6.29 Å². The molecule has 0 saturated carbocycles. The van der Waals surface area contributed by atoms with E-state index in [-0.39, 0.29) is 12.2 Å². The van der Waals surface area contributed by atoms with Crippen LogP contribution >= 0.6 is 0 Å². The van der Waals surface area contributed by atoms with Crippen molar-refractivity contribution < 1.29 is 19.7 Å². The second-order valence-electron chi connectivity index (χ2n) is 4.67. The fourth-order valence-electron chi connectivity index (χ4n) is 1.43. The minimum atomic E-state index is -0.739. The molecule has 0 aromatic rings. The third kappa shape index (κ3) is 3.41. The van der Waals surface area contributed by atoms with Crippen molar-refractivity contribution in [3.05, 3.63) is 0 Å². The van der Waals surface area contributed by atoms with Gasteiger partial charge in [-0.25, -0.2) is 0 Å². The van der Waals surface area contributed by atoms with Crippen molar-refractivity contribution in [1.82, 2.24) is 0 Å². The maximum atomic E-state index is 9.68. The van der Waals surface area contributed by atoms with Crippen LogP contribution in [0.5, 0.6) is 0 Å². The molecule has 4 nitrogen and oxygen atoms in total.